The predicted molar refractivity (Wildman–Crippen MR) is 92.6 cm³/mol. The van der Waals surface area contributed by atoms with Crippen molar-refractivity contribution in [3.63, 3.8) is 0 Å². The Balaban J connectivity index is 1.80. The summed E-state index contributed by atoms with van der Waals surface area (Å²) in [4.78, 5) is 23.3. The van der Waals surface area contributed by atoms with Crippen molar-refractivity contribution in [3.05, 3.63) is 71.8 Å². The van der Waals surface area contributed by atoms with E-state index in [1.165, 1.54) is 5.56 Å². The average Bonchev–Trinajstić information content (AvgIpc) is 2.59. The van der Waals surface area contributed by atoms with Crippen molar-refractivity contribution in [1.29, 1.82) is 0 Å². The van der Waals surface area contributed by atoms with Gasteiger partial charge in [0.25, 0.3) is 5.91 Å². The Morgan fingerprint density at radius 3 is 2.22 bits per heavy atom. The summed E-state index contributed by atoms with van der Waals surface area (Å²) in [5.74, 6) is 0.140. The first kappa shape index (κ1) is 17.1. The maximum atomic E-state index is 12.0. The fourth-order valence-corrected chi connectivity index (χ4v) is 3.03. The lowest BCUT2D eigenvalue weighted by Crippen LogP contribution is -2.41. The van der Waals surface area contributed by atoms with Gasteiger partial charge in [-0.15, -0.1) is 0 Å². The van der Waals surface area contributed by atoms with Crippen LogP contribution < -0.4 is 5.32 Å². The molecule has 0 bridgehead atoms. The van der Waals surface area contributed by atoms with Crippen LogP contribution in [0.5, 0.6) is 0 Å². The molecular weight excluding hydrogens is 310 g/mol. The van der Waals surface area contributed by atoms with Gasteiger partial charge in [0, 0.05) is 11.3 Å². The van der Waals surface area contributed by atoms with Crippen LogP contribution in [0.4, 0.5) is 0 Å². The lowest BCUT2D eigenvalue weighted by molar-refractivity contribution is -0.139. The number of carbonyl (C=O) groups excluding carboxylic acids is 1. The molecule has 0 spiro atoms. The van der Waals surface area contributed by atoms with E-state index in [2.05, 4.69) is 5.32 Å². The van der Waals surface area contributed by atoms with E-state index in [0.717, 1.165) is 5.75 Å². The molecule has 0 fully saturated rings. The largest absolute Gasteiger partial charge is 0.480 e. The number of aliphatic carboxylic acids is 1. The Kier molecular flexibility index (Phi) is 6.69. The SMILES string of the molecule is O=C(N[C@@H](CCSCc1ccccc1)C(=O)O)c1ccccc1. The van der Waals surface area contributed by atoms with E-state index in [-0.39, 0.29) is 5.91 Å². The molecule has 2 N–H and O–H groups in total. The van der Waals surface area contributed by atoms with Crippen LogP contribution in [0.15, 0.2) is 60.7 Å². The van der Waals surface area contributed by atoms with Crippen LogP contribution in [0.3, 0.4) is 0 Å². The zero-order chi connectivity index (χ0) is 16.5. The maximum Gasteiger partial charge on any atom is 0.326 e. The molecule has 0 heterocycles. The minimum atomic E-state index is -1.01. The van der Waals surface area contributed by atoms with E-state index >= 15 is 0 Å². The normalized spacial score (nSPS) is 11.7. The highest BCUT2D eigenvalue weighted by Gasteiger charge is 2.20. The first-order chi connectivity index (χ1) is 11.2. The fraction of sp³-hybridized carbons (Fsp3) is 0.222. The molecule has 4 nitrogen and oxygen atoms in total. The second-order valence-electron chi connectivity index (χ2n) is 5.06. The highest BCUT2D eigenvalue weighted by Crippen LogP contribution is 2.14. The Morgan fingerprint density at radius 2 is 1.61 bits per heavy atom. The van der Waals surface area contributed by atoms with Crippen LogP contribution in [0.1, 0.15) is 22.3 Å². The number of amides is 1. The molecule has 0 aliphatic rings. The standard InChI is InChI=1S/C18H19NO3S/c20-17(15-9-5-2-6-10-15)19-16(18(21)22)11-12-23-13-14-7-3-1-4-8-14/h1-10,16H,11-13H2,(H,19,20)(H,21,22)/t16-/m0/s1. The quantitative estimate of drug-likeness (QED) is 0.730. The summed E-state index contributed by atoms with van der Waals surface area (Å²) in [5, 5.41) is 11.8. The highest BCUT2D eigenvalue weighted by atomic mass is 32.2. The summed E-state index contributed by atoms with van der Waals surface area (Å²) >= 11 is 1.66. The molecule has 2 rings (SSSR count). The fourth-order valence-electron chi connectivity index (χ4n) is 2.05. The molecule has 2 aromatic carbocycles. The Morgan fingerprint density at radius 1 is 1.00 bits per heavy atom. The first-order valence-electron chi connectivity index (χ1n) is 7.37. The third-order valence-corrected chi connectivity index (χ3v) is 4.36. The molecule has 0 aliphatic heterocycles. The van der Waals surface area contributed by atoms with E-state index in [4.69, 9.17) is 0 Å². The average molecular weight is 329 g/mol. The Labute approximate surface area is 139 Å². The summed E-state index contributed by atoms with van der Waals surface area (Å²) in [7, 11) is 0. The summed E-state index contributed by atoms with van der Waals surface area (Å²) in [6.07, 6.45) is 0.394. The topological polar surface area (TPSA) is 66.4 Å². The van der Waals surface area contributed by atoms with Gasteiger partial charge in [-0.2, -0.15) is 11.8 Å². The Hall–Kier alpha value is -2.27. The summed E-state index contributed by atoms with van der Waals surface area (Å²) < 4.78 is 0. The maximum absolute atomic E-state index is 12.0. The number of carboxylic acids is 1. The molecule has 0 saturated carbocycles. The van der Waals surface area contributed by atoms with Crippen molar-refractivity contribution in [2.45, 2.75) is 18.2 Å². The third kappa shape index (κ3) is 5.79. The van der Waals surface area contributed by atoms with E-state index < -0.39 is 12.0 Å². The molecule has 0 unspecified atom stereocenters. The number of hydrogen-bond donors (Lipinski definition) is 2. The minimum Gasteiger partial charge on any atom is -0.480 e. The van der Waals surface area contributed by atoms with Gasteiger partial charge in [0.05, 0.1) is 0 Å². The first-order valence-corrected chi connectivity index (χ1v) is 8.52. The van der Waals surface area contributed by atoms with E-state index in [0.29, 0.717) is 17.7 Å². The third-order valence-electron chi connectivity index (χ3n) is 3.30. The van der Waals surface area contributed by atoms with Crippen LogP contribution in [0.2, 0.25) is 0 Å². The highest BCUT2D eigenvalue weighted by molar-refractivity contribution is 7.98. The molecule has 0 saturated heterocycles. The van der Waals surface area contributed by atoms with Crippen LogP contribution in [-0.4, -0.2) is 28.8 Å². The van der Waals surface area contributed by atoms with Gasteiger partial charge in [0.1, 0.15) is 6.04 Å². The molecule has 1 amide bonds. The molecule has 23 heavy (non-hydrogen) atoms. The lowest BCUT2D eigenvalue weighted by Gasteiger charge is -2.14. The summed E-state index contributed by atoms with van der Waals surface area (Å²) in [6.45, 7) is 0. The minimum absolute atomic E-state index is 0.356. The van der Waals surface area contributed by atoms with Gasteiger partial charge in [-0.25, -0.2) is 4.79 Å². The predicted octanol–water partition coefficient (Wildman–Crippen LogP) is 3.19. The van der Waals surface area contributed by atoms with E-state index in [1.807, 2.05) is 36.4 Å². The Bertz CT molecular complexity index is 631. The van der Waals surface area contributed by atoms with Crippen LogP contribution >= 0.6 is 11.8 Å². The smallest absolute Gasteiger partial charge is 0.326 e. The summed E-state index contributed by atoms with van der Waals surface area (Å²) in [5.41, 5.74) is 1.67. The molecule has 0 aromatic heterocycles. The molecule has 5 heteroatoms. The van der Waals surface area contributed by atoms with Crippen molar-refractivity contribution in [1.82, 2.24) is 5.32 Å². The van der Waals surface area contributed by atoms with Gasteiger partial charge in [0.15, 0.2) is 0 Å². The van der Waals surface area contributed by atoms with Crippen molar-refractivity contribution < 1.29 is 14.7 Å². The molecule has 1 atom stereocenters. The second kappa shape index (κ2) is 9.00. The van der Waals surface area contributed by atoms with Gasteiger partial charge in [-0.05, 0) is 29.9 Å². The second-order valence-corrected chi connectivity index (χ2v) is 6.16. The van der Waals surface area contributed by atoms with Crippen LogP contribution in [-0.2, 0) is 10.5 Å². The van der Waals surface area contributed by atoms with E-state index in [9.17, 15) is 14.7 Å². The van der Waals surface area contributed by atoms with Crippen LogP contribution in [0, 0.1) is 0 Å². The summed E-state index contributed by atoms with van der Waals surface area (Å²) in [6, 6.07) is 17.8. The van der Waals surface area contributed by atoms with Crippen molar-refractivity contribution in [3.8, 4) is 0 Å². The lowest BCUT2D eigenvalue weighted by atomic mass is 10.1. The number of carboxylic acid groups (broad SMARTS) is 1. The van der Waals surface area contributed by atoms with Crippen molar-refractivity contribution in [2.75, 3.05) is 5.75 Å². The number of hydrogen-bond acceptors (Lipinski definition) is 3. The number of carbonyl (C=O) groups is 2. The number of benzene rings is 2. The van der Waals surface area contributed by atoms with Gasteiger partial charge in [-0.3, -0.25) is 4.79 Å². The number of nitrogens with one attached hydrogen (secondary N) is 1. The number of thioether (sulfide) groups is 1. The number of rotatable bonds is 8. The molecule has 0 aliphatic carbocycles. The van der Waals surface area contributed by atoms with Gasteiger partial charge >= 0.3 is 5.97 Å². The van der Waals surface area contributed by atoms with Gasteiger partial charge in [-0.1, -0.05) is 48.5 Å². The van der Waals surface area contributed by atoms with Gasteiger partial charge in [0.2, 0.25) is 0 Å². The molecule has 0 radical (unpaired) electrons. The van der Waals surface area contributed by atoms with Crippen LogP contribution in [0.25, 0.3) is 0 Å². The molecule has 120 valence electrons. The zero-order valence-corrected chi connectivity index (χ0v) is 13.5. The van der Waals surface area contributed by atoms with Crippen molar-refractivity contribution >= 4 is 23.6 Å². The van der Waals surface area contributed by atoms with E-state index in [1.54, 1.807) is 36.0 Å². The monoisotopic (exact) mass is 329 g/mol. The van der Waals surface area contributed by atoms with Crippen molar-refractivity contribution in [2.24, 2.45) is 0 Å². The molecular formula is C18H19NO3S. The van der Waals surface area contributed by atoms with Gasteiger partial charge < -0.3 is 10.4 Å². The molecule has 2 aromatic rings. The zero-order valence-electron chi connectivity index (χ0n) is 12.6.